The van der Waals surface area contributed by atoms with E-state index in [0.29, 0.717) is 12.4 Å². The third-order valence-corrected chi connectivity index (χ3v) is 4.33. The van der Waals surface area contributed by atoms with Crippen LogP contribution in [0.4, 0.5) is 0 Å². The van der Waals surface area contributed by atoms with Gasteiger partial charge in [-0.25, -0.2) is 0 Å². The molecule has 0 radical (unpaired) electrons. The van der Waals surface area contributed by atoms with E-state index in [1.165, 1.54) is 0 Å². The van der Waals surface area contributed by atoms with E-state index < -0.39 is 0 Å². The highest BCUT2D eigenvalue weighted by atomic mass is 16.5. The molecule has 1 N–H and O–H groups in total. The van der Waals surface area contributed by atoms with E-state index >= 15 is 0 Å². The summed E-state index contributed by atoms with van der Waals surface area (Å²) in [6.07, 6.45) is 1.63. The SMILES string of the molecule is Oc1ccc2c(c1)OC[C@H]1c3cc4ccoc4cc3O[C@@H]21. The minimum absolute atomic E-state index is 0.0594. The number of phenols is 1. The fourth-order valence-corrected chi connectivity index (χ4v) is 3.30. The summed E-state index contributed by atoms with van der Waals surface area (Å²) in [7, 11) is 0. The van der Waals surface area contributed by atoms with Crippen molar-refractivity contribution in [1.29, 1.82) is 0 Å². The first-order valence-corrected chi connectivity index (χ1v) is 6.93. The van der Waals surface area contributed by atoms with Gasteiger partial charge in [0.1, 0.15) is 28.9 Å². The van der Waals surface area contributed by atoms with Crippen LogP contribution in [0.25, 0.3) is 11.0 Å². The van der Waals surface area contributed by atoms with Gasteiger partial charge in [-0.3, -0.25) is 0 Å². The molecule has 0 amide bonds. The summed E-state index contributed by atoms with van der Waals surface area (Å²) in [4.78, 5) is 0. The molecule has 3 aromatic rings. The van der Waals surface area contributed by atoms with Gasteiger partial charge in [0.05, 0.1) is 18.8 Å². The molecule has 0 spiro atoms. The lowest BCUT2D eigenvalue weighted by molar-refractivity contribution is 0.139. The predicted octanol–water partition coefficient (Wildman–Crippen LogP) is 3.75. The lowest BCUT2D eigenvalue weighted by atomic mass is 9.89. The Bertz CT molecular complexity index is 864. The molecule has 0 bridgehead atoms. The van der Waals surface area contributed by atoms with Gasteiger partial charge in [0.25, 0.3) is 0 Å². The van der Waals surface area contributed by atoms with Crippen molar-refractivity contribution in [2.45, 2.75) is 12.0 Å². The molecule has 4 heteroatoms. The van der Waals surface area contributed by atoms with E-state index in [-0.39, 0.29) is 17.8 Å². The van der Waals surface area contributed by atoms with E-state index in [9.17, 15) is 5.11 Å². The van der Waals surface area contributed by atoms with Gasteiger partial charge in [-0.2, -0.15) is 0 Å². The summed E-state index contributed by atoms with van der Waals surface area (Å²) in [5.74, 6) is 1.95. The fourth-order valence-electron chi connectivity index (χ4n) is 3.30. The summed E-state index contributed by atoms with van der Waals surface area (Å²) in [5, 5.41) is 10.6. The summed E-state index contributed by atoms with van der Waals surface area (Å²) in [5.41, 5.74) is 2.98. The monoisotopic (exact) mass is 280 g/mol. The maximum absolute atomic E-state index is 9.57. The van der Waals surface area contributed by atoms with Crippen molar-refractivity contribution in [1.82, 2.24) is 0 Å². The van der Waals surface area contributed by atoms with Crippen molar-refractivity contribution < 1.29 is 19.0 Å². The number of furan rings is 1. The number of hydrogen-bond donors (Lipinski definition) is 1. The molecule has 5 rings (SSSR count). The molecule has 2 aliphatic rings. The highest BCUT2D eigenvalue weighted by molar-refractivity contribution is 5.81. The minimum atomic E-state index is -0.0594. The number of fused-ring (bicyclic) bond motifs is 6. The molecule has 1 aromatic heterocycles. The second-order valence-corrected chi connectivity index (χ2v) is 5.53. The Balaban J connectivity index is 1.66. The van der Waals surface area contributed by atoms with Crippen LogP contribution in [0.3, 0.4) is 0 Å². The first-order chi connectivity index (χ1) is 10.3. The molecule has 0 unspecified atom stereocenters. The van der Waals surface area contributed by atoms with Gasteiger partial charge in [0.15, 0.2) is 0 Å². The van der Waals surface area contributed by atoms with Crippen molar-refractivity contribution in [2.24, 2.45) is 0 Å². The Kier molecular flexibility index (Phi) is 1.97. The number of hydrogen-bond acceptors (Lipinski definition) is 4. The molecular weight excluding hydrogens is 268 g/mol. The predicted molar refractivity (Wildman–Crippen MR) is 75.9 cm³/mol. The van der Waals surface area contributed by atoms with Crippen molar-refractivity contribution >= 4 is 11.0 Å². The molecule has 2 aliphatic heterocycles. The van der Waals surface area contributed by atoms with Crippen LogP contribution in [0.1, 0.15) is 23.1 Å². The quantitative estimate of drug-likeness (QED) is 0.681. The van der Waals surface area contributed by atoms with Crippen LogP contribution in [-0.4, -0.2) is 11.7 Å². The molecule has 104 valence electrons. The summed E-state index contributed by atoms with van der Waals surface area (Å²) < 4.78 is 17.4. The maximum atomic E-state index is 9.57. The van der Waals surface area contributed by atoms with Crippen LogP contribution in [0.2, 0.25) is 0 Å². The molecule has 2 aromatic carbocycles. The lowest BCUT2D eigenvalue weighted by Crippen LogP contribution is -2.22. The number of benzene rings is 2. The highest BCUT2D eigenvalue weighted by Crippen LogP contribution is 2.52. The molecule has 2 atom stereocenters. The second-order valence-electron chi connectivity index (χ2n) is 5.53. The topological polar surface area (TPSA) is 51.8 Å². The van der Waals surface area contributed by atoms with Gasteiger partial charge >= 0.3 is 0 Å². The Morgan fingerprint density at radius 3 is 2.90 bits per heavy atom. The van der Waals surface area contributed by atoms with E-state index in [1.54, 1.807) is 18.4 Å². The zero-order valence-electron chi connectivity index (χ0n) is 11.1. The van der Waals surface area contributed by atoms with Gasteiger partial charge in [-0.15, -0.1) is 0 Å². The first kappa shape index (κ1) is 11.1. The molecule has 0 aliphatic carbocycles. The standard InChI is InChI=1S/C17H12O4/c18-10-1-2-11-15(6-10)20-8-13-12-5-9-3-4-19-14(9)7-16(12)21-17(11)13/h1-7,13,17-18H,8H2/t13-,17-/m0/s1. The molecule has 3 heterocycles. The van der Waals surface area contributed by atoms with Gasteiger partial charge in [0.2, 0.25) is 0 Å². The summed E-state index contributed by atoms with van der Waals surface area (Å²) in [6, 6.07) is 11.2. The van der Waals surface area contributed by atoms with E-state index in [0.717, 1.165) is 27.8 Å². The summed E-state index contributed by atoms with van der Waals surface area (Å²) >= 11 is 0. The third kappa shape index (κ3) is 1.44. The number of aromatic hydroxyl groups is 1. The first-order valence-electron chi connectivity index (χ1n) is 6.93. The zero-order chi connectivity index (χ0) is 14.0. The van der Waals surface area contributed by atoms with Crippen molar-refractivity contribution in [3.63, 3.8) is 0 Å². The van der Waals surface area contributed by atoms with Crippen molar-refractivity contribution in [3.05, 3.63) is 53.8 Å². The van der Waals surface area contributed by atoms with Crippen LogP contribution >= 0.6 is 0 Å². The Morgan fingerprint density at radius 1 is 1.00 bits per heavy atom. The summed E-state index contributed by atoms with van der Waals surface area (Å²) in [6.45, 7) is 0.553. The fraction of sp³-hybridized carbons (Fsp3) is 0.176. The zero-order valence-corrected chi connectivity index (χ0v) is 11.1. The molecule has 0 saturated carbocycles. The minimum Gasteiger partial charge on any atom is -0.508 e. The van der Waals surface area contributed by atoms with Crippen LogP contribution in [-0.2, 0) is 0 Å². The van der Waals surface area contributed by atoms with Gasteiger partial charge < -0.3 is 19.0 Å². The maximum Gasteiger partial charge on any atom is 0.138 e. The second kappa shape index (κ2) is 3.73. The van der Waals surface area contributed by atoms with Crippen LogP contribution in [0.5, 0.6) is 17.2 Å². The molecular formula is C17H12O4. The Hall–Kier alpha value is -2.62. The average Bonchev–Trinajstić information content (AvgIpc) is 3.07. The van der Waals surface area contributed by atoms with Gasteiger partial charge in [0, 0.05) is 28.6 Å². The third-order valence-electron chi connectivity index (χ3n) is 4.33. The molecule has 0 fully saturated rings. The van der Waals surface area contributed by atoms with E-state index in [1.807, 2.05) is 18.2 Å². The van der Waals surface area contributed by atoms with Crippen LogP contribution in [0.15, 0.2) is 47.1 Å². The van der Waals surface area contributed by atoms with E-state index in [2.05, 4.69) is 6.07 Å². The normalized spacial score (nSPS) is 22.1. The Morgan fingerprint density at radius 2 is 1.95 bits per heavy atom. The van der Waals surface area contributed by atoms with Gasteiger partial charge in [-0.1, -0.05) is 0 Å². The van der Waals surface area contributed by atoms with E-state index in [4.69, 9.17) is 13.9 Å². The van der Waals surface area contributed by atoms with Gasteiger partial charge in [-0.05, 0) is 24.3 Å². The highest BCUT2D eigenvalue weighted by Gasteiger charge is 2.41. The molecule has 0 saturated heterocycles. The number of phenolic OH excluding ortho intramolecular Hbond substituents is 1. The lowest BCUT2D eigenvalue weighted by Gasteiger charge is -2.27. The molecule has 4 nitrogen and oxygen atoms in total. The Labute approximate surface area is 120 Å². The molecule has 21 heavy (non-hydrogen) atoms. The van der Waals surface area contributed by atoms with Crippen molar-refractivity contribution in [2.75, 3.05) is 6.61 Å². The largest absolute Gasteiger partial charge is 0.508 e. The van der Waals surface area contributed by atoms with Crippen LogP contribution in [0, 0.1) is 0 Å². The number of rotatable bonds is 0. The number of ether oxygens (including phenoxy) is 2. The van der Waals surface area contributed by atoms with Crippen molar-refractivity contribution in [3.8, 4) is 17.2 Å². The average molecular weight is 280 g/mol. The van der Waals surface area contributed by atoms with Crippen LogP contribution < -0.4 is 9.47 Å². The smallest absolute Gasteiger partial charge is 0.138 e.